The van der Waals surface area contributed by atoms with Crippen molar-refractivity contribution in [3.05, 3.63) is 74.3 Å². The Morgan fingerprint density at radius 2 is 1.80 bits per heavy atom. The molecular formula is C37H42FN7O6. The van der Waals surface area contributed by atoms with Gasteiger partial charge in [0.1, 0.15) is 16.8 Å². The van der Waals surface area contributed by atoms with Gasteiger partial charge >= 0.3 is 0 Å². The molecule has 1 amide bonds. The molecule has 14 heteroatoms. The summed E-state index contributed by atoms with van der Waals surface area (Å²) in [6.45, 7) is 7.15. The minimum absolute atomic E-state index is 0.00860. The summed E-state index contributed by atoms with van der Waals surface area (Å²) >= 11 is 0. The third kappa shape index (κ3) is 6.45. The van der Waals surface area contributed by atoms with E-state index in [-0.39, 0.29) is 33.5 Å². The Morgan fingerprint density at radius 1 is 1.04 bits per heavy atom. The number of rotatable bonds is 7. The number of amides is 1. The minimum atomic E-state index is -0.664. The molecule has 2 fully saturated rings. The van der Waals surface area contributed by atoms with Crippen LogP contribution in [0, 0.1) is 15.9 Å². The maximum absolute atomic E-state index is 15.8. The molecule has 268 valence electrons. The SMILES string of the molecule is CC1CCCN1C.CCNC(=O)c1cn2c3cc4oc5cc([N+](=O)[O-])ccc5[nH]c4cc3oc3c(NCCC4CCCN4C)c(F)cc(c1=O)c32. The van der Waals surface area contributed by atoms with Gasteiger partial charge in [-0.2, -0.15) is 0 Å². The van der Waals surface area contributed by atoms with Crippen molar-refractivity contribution in [3.8, 4) is 0 Å². The van der Waals surface area contributed by atoms with Crippen LogP contribution >= 0.6 is 0 Å². The number of carbonyl (C=O) groups is 1. The van der Waals surface area contributed by atoms with E-state index in [1.165, 1.54) is 37.7 Å². The maximum Gasteiger partial charge on any atom is 0.273 e. The molecule has 2 aliphatic rings. The topological polar surface area (TPSA) is 154 Å². The lowest BCUT2D eigenvalue weighted by Crippen LogP contribution is -2.29. The number of nitrogens with zero attached hydrogens (tertiary/aromatic N) is 4. The van der Waals surface area contributed by atoms with Crippen molar-refractivity contribution in [2.45, 2.75) is 58.0 Å². The van der Waals surface area contributed by atoms with Gasteiger partial charge in [0.25, 0.3) is 11.6 Å². The number of anilines is 1. The molecule has 8 rings (SSSR count). The van der Waals surface area contributed by atoms with Gasteiger partial charge in [0.15, 0.2) is 28.1 Å². The lowest BCUT2D eigenvalue weighted by molar-refractivity contribution is -0.384. The highest BCUT2D eigenvalue weighted by atomic mass is 19.1. The van der Waals surface area contributed by atoms with Gasteiger partial charge in [-0.05, 0) is 85.3 Å². The zero-order chi connectivity index (χ0) is 36.0. The predicted octanol–water partition coefficient (Wildman–Crippen LogP) is 6.78. The number of likely N-dealkylation sites (tertiary alicyclic amines) is 2. The van der Waals surface area contributed by atoms with Crippen LogP contribution in [0.15, 0.2) is 56.2 Å². The fourth-order valence-corrected chi connectivity index (χ4v) is 7.27. The van der Waals surface area contributed by atoms with E-state index in [0.29, 0.717) is 52.4 Å². The van der Waals surface area contributed by atoms with Gasteiger partial charge in [-0.3, -0.25) is 19.7 Å². The molecule has 13 nitrogen and oxygen atoms in total. The zero-order valence-electron chi connectivity index (χ0n) is 29.2. The summed E-state index contributed by atoms with van der Waals surface area (Å²) in [5.41, 5.74) is 2.08. The molecule has 0 radical (unpaired) electrons. The van der Waals surface area contributed by atoms with Crippen LogP contribution in [0.3, 0.4) is 0 Å². The molecule has 2 saturated heterocycles. The van der Waals surface area contributed by atoms with Gasteiger partial charge in [0, 0.05) is 49.6 Å². The average Bonchev–Trinajstić information content (AvgIpc) is 3.70. The van der Waals surface area contributed by atoms with Crippen LogP contribution in [0.4, 0.5) is 15.8 Å². The van der Waals surface area contributed by atoms with Crippen LogP contribution in [0.25, 0.3) is 49.8 Å². The highest BCUT2D eigenvalue weighted by Crippen LogP contribution is 2.36. The fourth-order valence-electron chi connectivity index (χ4n) is 7.27. The number of hydrogen-bond donors (Lipinski definition) is 3. The second-order valence-corrected chi connectivity index (χ2v) is 13.6. The number of nitro benzene ring substituents is 1. The first-order valence-corrected chi connectivity index (χ1v) is 17.5. The summed E-state index contributed by atoms with van der Waals surface area (Å²) in [6, 6.07) is 9.96. The molecular weight excluding hydrogens is 657 g/mol. The third-order valence-corrected chi connectivity index (χ3v) is 10.3. The molecule has 2 unspecified atom stereocenters. The van der Waals surface area contributed by atoms with Gasteiger partial charge in [-0.25, -0.2) is 4.39 Å². The summed E-state index contributed by atoms with van der Waals surface area (Å²) in [6.07, 6.45) is 7.23. The molecule has 0 bridgehead atoms. The van der Waals surface area contributed by atoms with E-state index >= 15 is 4.39 Å². The van der Waals surface area contributed by atoms with Crippen LogP contribution in [0.1, 0.15) is 56.3 Å². The first-order chi connectivity index (χ1) is 24.5. The number of non-ortho nitro benzene ring substituents is 1. The number of pyridine rings is 1. The number of aromatic amines is 1. The van der Waals surface area contributed by atoms with Crippen molar-refractivity contribution in [2.24, 2.45) is 0 Å². The van der Waals surface area contributed by atoms with Gasteiger partial charge in [0.05, 0.1) is 32.9 Å². The van der Waals surface area contributed by atoms with Crippen molar-refractivity contribution < 1.29 is 22.9 Å². The molecule has 3 aromatic carbocycles. The van der Waals surface area contributed by atoms with Crippen LogP contribution in [-0.4, -0.2) is 82.4 Å². The standard InChI is InChI=1S/C31H29FN6O6.C6H13N/c1-3-33-31(40)19-15-37-23-14-25-22(35-21-7-6-17(38(41)42)11-24(21)43-25)13-26(23)44-30-27(20(32)12-18(28(30)37)29(19)39)34-9-8-16-5-4-10-36(16)2;1-6-4-3-5-7(6)2/h6-7,11-16,34-35H,3-5,8-10H2,1-2H3,(H,33,40);6H,3-5H2,1-2H3. The minimum Gasteiger partial charge on any atom is -0.453 e. The quantitative estimate of drug-likeness (QED) is 0.0708. The van der Waals surface area contributed by atoms with Crippen LogP contribution in [0.2, 0.25) is 0 Å². The highest BCUT2D eigenvalue weighted by molar-refractivity contribution is 6.06. The Hall–Kier alpha value is -5.21. The molecule has 6 aromatic rings. The van der Waals surface area contributed by atoms with Gasteiger partial charge in [-0.15, -0.1) is 0 Å². The Balaban J connectivity index is 0.000000520. The smallest absolute Gasteiger partial charge is 0.273 e. The van der Waals surface area contributed by atoms with Crippen molar-refractivity contribution in [1.29, 1.82) is 0 Å². The molecule has 2 aliphatic heterocycles. The number of aromatic nitrogens is 2. The fraction of sp³-hybridized carbons (Fsp3) is 0.405. The molecule has 0 spiro atoms. The molecule has 5 heterocycles. The molecule has 2 atom stereocenters. The number of fused-ring (bicyclic) bond motifs is 4. The monoisotopic (exact) mass is 699 g/mol. The van der Waals surface area contributed by atoms with Crippen molar-refractivity contribution in [1.82, 2.24) is 24.5 Å². The molecule has 0 aliphatic carbocycles. The Morgan fingerprint density at radius 3 is 2.47 bits per heavy atom. The summed E-state index contributed by atoms with van der Waals surface area (Å²) in [7, 11) is 4.28. The number of nitro groups is 1. The van der Waals surface area contributed by atoms with E-state index in [9.17, 15) is 19.7 Å². The highest BCUT2D eigenvalue weighted by Gasteiger charge is 2.25. The number of H-pyrrole nitrogens is 1. The van der Waals surface area contributed by atoms with Crippen LogP contribution in [0.5, 0.6) is 0 Å². The second-order valence-electron chi connectivity index (χ2n) is 13.6. The Kier molecular flexibility index (Phi) is 9.29. The van der Waals surface area contributed by atoms with E-state index in [0.717, 1.165) is 37.9 Å². The summed E-state index contributed by atoms with van der Waals surface area (Å²) in [5, 5.41) is 17.2. The van der Waals surface area contributed by atoms with Crippen LogP contribution < -0.4 is 16.1 Å². The molecule has 0 saturated carbocycles. The number of nitrogens with one attached hydrogen (secondary N) is 3. The van der Waals surface area contributed by atoms with Gasteiger partial charge in [0.2, 0.25) is 5.43 Å². The first-order valence-electron chi connectivity index (χ1n) is 17.5. The van der Waals surface area contributed by atoms with E-state index in [4.69, 9.17) is 8.83 Å². The third-order valence-electron chi connectivity index (χ3n) is 10.3. The average molecular weight is 700 g/mol. The van der Waals surface area contributed by atoms with E-state index in [1.807, 2.05) is 0 Å². The molecule has 51 heavy (non-hydrogen) atoms. The normalized spacial score (nSPS) is 18.2. The summed E-state index contributed by atoms with van der Waals surface area (Å²) < 4.78 is 29.8. The summed E-state index contributed by atoms with van der Waals surface area (Å²) in [4.78, 5) is 45.2. The first kappa shape index (κ1) is 34.2. The number of halogens is 1. The van der Waals surface area contributed by atoms with E-state index in [2.05, 4.69) is 46.4 Å². The van der Waals surface area contributed by atoms with Crippen molar-refractivity contribution in [2.75, 3.05) is 45.6 Å². The Labute approximate surface area is 292 Å². The number of benzene rings is 3. The number of carbonyl (C=O) groups excluding carboxylic acids is 1. The Bertz CT molecular complexity index is 2380. The predicted molar refractivity (Wildman–Crippen MR) is 196 cm³/mol. The lowest BCUT2D eigenvalue weighted by Gasteiger charge is -2.20. The van der Waals surface area contributed by atoms with E-state index in [1.54, 1.807) is 29.5 Å². The van der Waals surface area contributed by atoms with E-state index < -0.39 is 22.1 Å². The van der Waals surface area contributed by atoms with Gasteiger partial charge < -0.3 is 38.7 Å². The lowest BCUT2D eigenvalue weighted by atomic mass is 10.1. The zero-order valence-corrected chi connectivity index (χ0v) is 29.2. The number of hydrogen-bond acceptors (Lipinski definition) is 9. The van der Waals surface area contributed by atoms with Crippen LogP contribution in [-0.2, 0) is 0 Å². The summed E-state index contributed by atoms with van der Waals surface area (Å²) in [5.74, 6) is -1.25. The molecule has 3 aromatic heterocycles. The maximum atomic E-state index is 15.8. The second kappa shape index (κ2) is 13.8. The van der Waals surface area contributed by atoms with Gasteiger partial charge in [-0.1, -0.05) is 0 Å². The molecule has 3 N–H and O–H groups in total. The van der Waals surface area contributed by atoms with Crippen molar-refractivity contribution in [3.63, 3.8) is 0 Å². The van der Waals surface area contributed by atoms with Crippen molar-refractivity contribution >= 4 is 67.1 Å². The largest absolute Gasteiger partial charge is 0.453 e.